The lowest BCUT2D eigenvalue weighted by molar-refractivity contribution is -0.00970. The molecule has 1 aliphatic rings. The molecule has 1 aromatic rings. The molecule has 0 radical (unpaired) electrons. The summed E-state index contributed by atoms with van der Waals surface area (Å²) in [6, 6.07) is 8.43. The average Bonchev–Trinajstić information content (AvgIpc) is 2.58. The van der Waals surface area contributed by atoms with Gasteiger partial charge in [-0.25, -0.2) is 0 Å². The second kappa shape index (κ2) is 8.68. The number of nitrogens with one attached hydrogen (secondary N) is 1. The zero-order chi connectivity index (χ0) is 18.4. The molecule has 2 rings (SSSR count). The Kier molecular flexibility index (Phi) is 6.85. The van der Waals surface area contributed by atoms with Crippen molar-refractivity contribution in [1.82, 2.24) is 10.2 Å². The lowest BCUT2D eigenvalue weighted by atomic mass is 9.89. The highest BCUT2D eigenvalue weighted by molar-refractivity contribution is 5.80. The van der Waals surface area contributed by atoms with Crippen LogP contribution in [0.3, 0.4) is 0 Å². The van der Waals surface area contributed by atoms with Gasteiger partial charge in [0.1, 0.15) is 6.10 Å². The van der Waals surface area contributed by atoms with Crippen LogP contribution in [0, 0.1) is 12.3 Å². The van der Waals surface area contributed by atoms with E-state index < -0.39 is 0 Å². The van der Waals surface area contributed by atoms with Gasteiger partial charge in [0.25, 0.3) is 0 Å². The third-order valence-corrected chi connectivity index (χ3v) is 4.81. The molecule has 2 atom stereocenters. The smallest absolute Gasteiger partial charge is 0.193 e. The Bertz CT molecular complexity index is 581. The molecule has 25 heavy (non-hydrogen) atoms. The quantitative estimate of drug-likeness (QED) is 0.672. The normalized spacial score (nSPS) is 20.5. The molecule has 1 saturated heterocycles. The summed E-state index contributed by atoms with van der Waals surface area (Å²) >= 11 is 0. The lowest BCUT2D eigenvalue weighted by Gasteiger charge is -2.37. The third kappa shape index (κ3) is 5.19. The molecule has 0 bridgehead atoms. The molecular formula is C20H33N3O2. The Hall–Kier alpha value is -1.59. The van der Waals surface area contributed by atoms with Crippen molar-refractivity contribution in [3.8, 4) is 0 Å². The maximum Gasteiger partial charge on any atom is 0.193 e. The topological polar surface area (TPSA) is 46.1 Å². The first-order chi connectivity index (χ1) is 11.9. The van der Waals surface area contributed by atoms with Crippen molar-refractivity contribution in [3.63, 3.8) is 0 Å². The van der Waals surface area contributed by atoms with E-state index in [-0.39, 0.29) is 17.6 Å². The standard InChI is InChI=1S/C20H33N3O2/c1-15-9-7-8-10-16(15)17-14-23(11-12-25-17)19(21-5)22-13-18(24-6)20(2,3)4/h7-10,17-18H,11-14H2,1-6H3,(H,21,22). The van der Waals surface area contributed by atoms with Crippen LogP contribution in [0.1, 0.15) is 38.0 Å². The van der Waals surface area contributed by atoms with Gasteiger partial charge < -0.3 is 19.7 Å². The molecule has 5 heteroatoms. The SMILES string of the molecule is CN=C(NCC(OC)C(C)(C)C)N1CCOC(c2ccccc2C)C1. The van der Waals surface area contributed by atoms with Crippen molar-refractivity contribution in [3.05, 3.63) is 35.4 Å². The number of aliphatic imine (C=N–C) groups is 1. The van der Waals surface area contributed by atoms with Crippen molar-refractivity contribution in [2.45, 2.75) is 39.9 Å². The molecule has 140 valence electrons. The van der Waals surface area contributed by atoms with Crippen LogP contribution in [0.2, 0.25) is 0 Å². The molecule has 1 fully saturated rings. The highest BCUT2D eigenvalue weighted by Crippen LogP contribution is 2.25. The number of morpholine rings is 1. The zero-order valence-electron chi connectivity index (χ0n) is 16.5. The predicted octanol–water partition coefficient (Wildman–Crippen LogP) is 3.00. The van der Waals surface area contributed by atoms with Gasteiger partial charge in [-0.2, -0.15) is 0 Å². The van der Waals surface area contributed by atoms with Crippen molar-refractivity contribution < 1.29 is 9.47 Å². The van der Waals surface area contributed by atoms with Crippen LogP contribution in [-0.2, 0) is 9.47 Å². The molecule has 1 heterocycles. The molecule has 0 amide bonds. The fourth-order valence-electron chi connectivity index (χ4n) is 3.24. The minimum absolute atomic E-state index is 0.0781. The number of nitrogens with zero attached hydrogens (tertiary/aromatic N) is 2. The second-order valence-corrected chi connectivity index (χ2v) is 7.68. The highest BCUT2D eigenvalue weighted by atomic mass is 16.5. The molecule has 1 N–H and O–H groups in total. The van der Waals surface area contributed by atoms with Crippen molar-refractivity contribution >= 4 is 5.96 Å². The zero-order valence-corrected chi connectivity index (χ0v) is 16.5. The van der Waals surface area contributed by atoms with E-state index in [1.54, 1.807) is 7.11 Å². The van der Waals surface area contributed by atoms with Gasteiger partial charge in [-0.3, -0.25) is 4.99 Å². The van der Waals surface area contributed by atoms with Crippen molar-refractivity contribution in [1.29, 1.82) is 0 Å². The minimum atomic E-state index is 0.0781. The third-order valence-electron chi connectivity index (χ3n) is 4.81. The van der Waals surface area contributed by atoms with Crippen LogP contribution in [0.25, 0.3) is 0 Å². The molecule has 0 spiro atoms. The summed E-state index contributed by atoms with van der Waals surface area (Å²) < 4.78 is 11.7. The highest BCUT2D eigenvalue weighted by Gasteiger charge is 2.28. The molecule has 0 aliphatic carbocycles. The van der Waals surface area contributed by atoms with E-state index in [4.69, 9.17) is 9.47 Å². The first-order valence-corrected chi connectivity index (χ1v) is 9.02. The van der Waals surface area contributed by atoms with Crippen LogP contribution in [0.15, 0.2) is 29.3 Å². The number of ether oxygens (including phenoxy) is 2. The Morgan fingerprint density at radius 3 is 2.72 bits per heavy atom. The van der Waals surface area contributed by atoms with Crippen LogP contribution in [0.5, 0.6) is 0 Å². The Balaban J connectivity index is 2.02. The van der Waals surface area contributed by atoms with Crippen LogP contribution < -0.4 is 5.32 Å². The van der Waals surface area contributed by atoms with Gasteiger partial charge in [0.05, 0.1) is 19.3 Å². The fraction of sp³-hybridized carbons (Fsp3) is 0.650. The number of methoxy groups -OCH3 is 1. The van der Waals surface area contributed by atoms with E-state index in [1.165, 1.54) is 11.1 Å². The van der Waals surface area contributed by atoms with Crippen molar-refractivity contribution in [2.75, 3.05) is 40.4 Å². The summed E-state index contributed by atoms with van der Waals surface area (Å²) in [5, 5.41) is 3.48. The number of hydrogen-bond donors (Lipinski definition) is 1. The Labute approximate surface area is 152 Å². The van der Waals surface area contributed by atoms with E-state index in [0.717, 1.165) is 25.6 Å². The van der Waals surface area contributed by atoms with Gasteiger partial charge in [-0.15, -0.1) is 0 Å². The number of benzene rings is 1. The van der Waals surface area contributed by atoms with Crippen molar-refractivity contribution in [2.24, 2.45) is 10.4 Å². The van der Waals surface area contributed by atoms with Gasteiger partial charge in [0, 0.05) is 27.2 Å². The summed E-state index contributed by atoms with van der Waals surface area (Å²) in [6.45, 7) is 11.8. The average molecular weight is 348 g/mol. The van der Waals surface area contributed by atoms with Gasteiger partial charge >= 0.3 is 0 Å². The summed E-state index contributed by atoms with van der Waals surface area (Å²) in [5.41, 5.74) is 2.60. The number of rotatable bonds is 4. The largest absolute Gasteiger partial charge is 0.379 e. The molecule has 1 aliphatic heterocycles. The lowest BCUT2D eigenvalue weighted by Crippen LogP contribution is -2.51. The molecular weight excluding hydrogens is 314 g/mol. The van der Waals surface area contributed by atoms with Gasteiger partial charge in [0.2, 0.25) is 0 Å². The summed E-state index contributed by atoms with van der Waals surface area (Å²) in [4.78, 5) is 6.74. The first kappa shape index (κ1) is 19.7. The first-order valence-electron chi connectivity index (χ1n) is 9.02. The maximum absolute atomic E-state index is 6.02. The fourth-order valence-corrected chi connectivity index (χ4v) is 3.24. The van der Waals surface area contributed by atoms with Crippen LogP contribution >= 0.6 is 0 Å². The van der Waals surface area contributed by atoms with Gasteiger partial charge in [0.15, 0.2) is 5.96 Å². The molecule has 1 aromatic carbocycles. The molecule has 5 nitrogen and oxygen atoms in total. The van der Waals surface area contributed by atoms with Crippen LogP contribution in [0.4, 0.5) is 0 Å². The van der Waals surface area contributed by atoms with E-state index in [2.05, 4.69) is 67.2 Å². The summed E-state index contributed by atoms with van der Waals surface area (Å²) in [7, 11) is 3.60. The number of aryl methyl sites for hydroxylation is 1. The van der Waals surface area contributed by atoms with Gasteiger partial charge in [-0.05, 0) is 23.5 Å². The van der Waals surface area contributed by atoms with Gasteiger partial charge in [-0.1, -0.05) is 45.0 Å². The minimum Gasteiger partial charge on any atom is -0.379 e. The molecule has 0 aromatic heterocycles. The Morgan fingerprint density at radius 2 is 2.12 bits per heavy atom. The second-order valence-electron chi connectivity index (χ2n) is 7.68. The monoisotopic (exact) mass is 347 g/mol. The maximum atomic E-state index is 6.02. The molecule has 2 unspecified atom stereocenters. The number of hydrogen-bond acceptors (Lipinski definition) is 3. The summed E-state index contributed by atoms with van der Waals surface area (Å²) in [6.07, 6.45) is 0.201. The number of guanidine groups is 1. The van der Waals surface area contributed by atoms with E-state index in [0.29, 0.717) is 6.61 Å². The predicted molar refractivity (Wildman–Crippen MR) is 103 cm³/mol. The van der Waals surface area contributed by atoms with E-state index >= 15 is 0 Å². The van der Waals surface area contributed by atoms with E-state index in [1.807, 2.05) is 7.05 Å². The summed E-state index contributed by atoms with van der Waals surface area (Å²) in [5.74, 6) is 0.910. The van der Waals surface area contributed by atoms with E-state index in [9.17, 15) is 0 Å². The molecule has 0 saturated carbocycles. The Morgan fingerprint density at radius 1 is 1.40 bits per heavy atom. The van der Waals surface area contributed by atoms with Crippen LogP contribution in [-0.4, -0.2) is 57.4 Å².